The van der Waals surface area contributed by atoms with Crippen molar-refractivity contribution in [3.8, 4) is 0 Å². The van der Waals surface area contributed by atoms with Gasteiger partial charge in [0.05, 0.1) is 0 Å². The smallest absolute Gasteiger partial charge is 0.399 e. The van der Waals surface area contributed by atoms with Gasteiger partial charge in [0.2, 0.25) is 6.10 Å². The van der Waals surface area contributed by atoms with Crippen LogP contribution in [0, 0.1) is 0 Å². The normalized spacial score (nSPS) is 18.2. The molecule has 18 heavy (non-hydrogen) atoms. The average molecular weight is 259 g/mol. The Morgan fingerprint density at radius 3 is 2.67 bits per heavy atom. The minimum absolute atomic E-state index is 0.359. The summed E-state index contributed by atoms with van der Waals surface area (Å²) in [5, 5.41) is 2.42. The highest BCUT2D eigenvalue weighted by molar-refractivity contribution is 6.02. The highest BCUT2D eigenvalue weighted by Crippen LogP contribution is 2.33. The molecule has 96 valence electrons. The van der Waals surface area contributed by atoms with Crippen LogP contribution in [0.2, 0.25) is 0 Å². The third-order valence-corrected chi connectivity index (χ3v) is 2.33. The van der Waals surface area contributed by atoms with Crippen LogP contribution in [0.25, 0.3) is 0 Å². The number of rotatable bonds is 2. The number of fused-ring (bicyclic) bond motifs is 1. The predicted molar refractivity (Wildman–Crippen MR) is 54.6 cm³/mol. The van der Waals surface area contributed by atoms with E-state index in [1.54, 1.807) is 18.2 Å². The molecule has 4 nitrogen and oxygen atoms in total. The first-order valence-corrected chi connectivity index (χ1v) is 5.03. The van der Waals surface area contributed by atoms with Crippen LogP contribution in [0.4, 0.5) is 18.9 Å². The number of halogens is 3. The molecule has 1 N–H and O–H groups in total. The Labute approximate surface area is 99.7 Å². The molecule has 0 bridgehead atoms. The summed E-state index contributed by atoms with van der Waals surface area (Å²) in [6.45, 7) is 0. The number of carbonyl (C=O) groups excluding carboxylic acids is 2. The molecule has 1 amide bonds. The first-order chi connectivity index (χ1) is 8.37. The fourth-order valence-corrected chi connectivity index (χ4v) is 1.63. The first-order valence-electron chi connectivity index (χ1n) is 5.03. The summed E-state index contributed by atoms with van der Waals surface area (Å²) in [5.41, 5.74) is 0.797. The largest absolute Gasteiger partial charge is 0.447 e. The molecule has 0 radical (unpaired) electrons. The monoisotopic (exact) mass is 259 g/mol. The zero-order valence-electron chi connectivity index (χ0n) is 8.95. The number of hydrogen-bond acceptors (Lipinski definition) is 3. The molecular weight excluding hydrogens is 251 g/mol. The summed E-state index contributed by atoms with van der Waals surface area (Å²) < 4.78 is 40.5. The van der Waals surface area contributed by atoms with Gasteiger partial charge in [-0.3, -0.25) is 9.59 Å². The number of nitrogens with one attached hydrogen (secondary N) is 1. The Kier molecular flexibility index (Phi) is 2.98. The van der Waals surface area contributed by atoms with Gasteiger partial charge in [0.25, 0.3) is 5.91 Å². The number of esters is 1. The number of para-hydroxylation sites is 1. The van der Waals surface area contributed by atoms with Crippen molar-refractivity contribution >= 4 is 17.6 Å². The number of carbonyl (C=O) groups is 2. The predicted octanol–water partition coefficient (Wildman–Crippen LogP) is 2.18. The van der Waals surface area contributed by atoms with Crippen LogP contribution >= 0.6 is 0 Å². The molecule has 0 aliphatic carbocycles. The number of ether oxygens (including phenoxy) is 1. The van der Waals surface area contributed by atoms with Crippen LogP contribution in [0.1, 0.15) is 18.1 Å². The fraction of sp³-hybridized carbons (Fsp3) is 0.273. The van der Waals surface area contributed by atoms with E-state index in [0.29, 0.717) is 11.3 Å². The van der Waals surface area contributed by atoms with Gasteiger partial charge in [0.15, 0.2) is 0 Å². The molecule has 1 aliphatic rings. The number of anilines is 1. The summed E-state index contributed by atoms with van der Waals surface area (Å²) in [6, 6.07) is 6.34. The van der Waals surface area contributed by atoms with Crippen LogP contribution < -0.4 is 5.32 Å². The molecule has 1 unspecified atom stereocenters. The average Bonchev–Trinajstić information content (AvgIpc) is 2.53. The van der Waals surface area contributed by atoms with Crippen LogP contribution in [0.5, 0.6) is 0 Å². The van der Waals surface area contributed by atoms with E-state index >= 15 is 0 Å². The third kappa shape index (κ3) is 2.61. The molecule has 1 aromatic carbocycles. The zero-order valence-corrected chi connectivity index (χ0v) is 8.95. The Morgan fingerprint density at radius 2 is 2.00 bits per heavy atom. The van der Waals surface area contributed by atoms with Crippen molar-refractivity contribution in [2.24, 2.45) is 0 Å². The van der Waals surface area contributed by atoms with Crippen molar-refractivity contribution < 1.29 is 27.5 Å². The standard InChI is InChI=1S/C11H8F3NO3/c12-11(13,14)5-8(16)18-9-6-3-1-2-4-7(6)15-10(9)17/h1-4,9H,5H2,(H,15,17). The molecule has 7 heteroatoms. The van der Waals surface area contributed by atoms with E-state index in [1.807, 2.05) is 0 Å². The first kappa shape index (κ1) is 12.4. The van der Waals surface area contributed by atoms with E-state index in [2.05, 4.69) is 10.1 Å². The SMILES string of the molecule is O=C(CC(F)(F)F)OC1C(=O)Nc2ccccc21. The van der Waals surface area contributed by atoms with Gasteiger partial charge >= 0.3 is 12.1 Å². The van der Waals surface area contributed by atoms with Gasteiger partial charge in [-0.2, -0.15) is 13.2 Å². The van der Waals surface area contributed by atoms with E-state index in [-0.39, 0.29) is 0 Å². The van der Waals surface area contributed by atoms with Crippen molar-refractivity contribution in [2.45, 2.75) is 18.7 Å². The summed E-state index contributed by atoms with van der Waals surface area (Å²) in [7, 11) is 0. The summed E-state index contributed by atoms with van der Waals surface area (Å²) >= 11 is 0. The van der Waals surface area contributed by atoms with Crippen molar-refractivity contribution in [2.75, 3.05) is 5.32 Å². The van der Waals surface area contributed by atoms with Crippen molar-refractivity contribution in [3.63, 3.8) is 0 Å². The van der Waals surface area contributed by atoms with Gasteiger partial charge in [-0.25, -0.2) is 0 Å². The van der Waals surface area contributed by atoms with Crippen molar-refractivity contribution in [1.29, 1.82) is 0 Å². The molecule has 1 atom stereocenters. The van der Waals surface area contributed by atoms with Crippen molar-refractivity contribution in [3.05, 3.63) is 29.8 Å². The Hall–Kier alpha value is -2.05. The minimum Gasteiger partial charge on any atom is -0.447 e. The molecule has 2 rings (SSSR count). The summed E-state index contributed by atoms with van der Waals surface area (Å²) in [6.07, 6.45) is -7.67. The Balaban J connectivity index is 2.11. The lowest BCUT2D eigenvalue weighted by Gasteiger charge is -2.11. The Bertz CT molecular complexity index is 499. The van der Waals surface area contributed by atoms with Gasteiger partial charge in [-0.05, 0) is 6.07 Å². The molecule has 0 fully saturated rings. The van der Waals surface area contributed by atoms with Gasteiger partial charge in [0, 0.05) is 11.3 Å². The number of amides is 1. The van der Waals surface area contributed by atoms with E-state index < -0.39 is 30.6 Å². The molecule has 1 aromatic rings. The lowest BCUT2D eigenvalue weighted by atomic mass is 10.1. The molecule has 0 spiro atoms. The number of hydrogen-bond donors (Lipinski definition) is 1. The molecular formula is C11H8F3NO3. The lowest BCUT2D eigenvalue weighted by molar-refractivity contribution is -0.177. The van der Waals surface area contributed by atoms with E-state index in [4.69, 9.17) is 0 Å². The van der Waals surface area contributed by atoms with Crippen LogP contribution in [-0.2, 0) is 14.3 Å². The highest BCUT2D eigenvalue weighted by Gasteiger charge is 2.37. The Morgan fingerprint density at radius 1 is 1.33 bits per heavy atom. The van der Waals surface area contributed by atoms with Gasteiger partial charge < -0.3 is 10.1 Å². The number of alkyl halides is 3. The second-order valence-electron chi connectivity index (χ2n) is 3.74. The number of benzene rings is 1. The second-order valence-corrected chi connectivity index (χ2v) is 3.74. The molecule has 1 aliphatic heterocycles. The second kappa shape index (κ2) is 4.32. The minimum atomic E-state index is -4.65. The maximum Gasteiger partial charge on any atom is 0.399 e. The molecule has 0 saturated heterocycles. The lowest BCUT2D eigenvalue weighted by Crippen LogP contribution is -2.23. The summed E-state index contributed by atoms with van der Waals surface area (Å²) in [4.78, 5) is 22.5. The van der Waals surface area contributed by atoms with Gasteiger partial charge in [0.1, 0.15) is 6.42 Å². The van der Waals surface area contributed by atoms with Crippen molar-refractivity contribution in [1.82, 2.24) is 0 Å². The van der Waals surface area contributed by atoms with Crippen LogP contribution in [-0.4, -0.2) is 18.1 Å². The third-order valence-electron chi connectivity index (χ3n) is 2.33. The maximum atomic E-state index is 12.0. The van der Waals surface area contributed by atoms with Gasteiger partial charge in [-0.15, -0.1) is 0 Å². The highest BCUT2D eigenvalue weighted by atomic mass is 19.4. The zero-order chi connectivity index (χ0) is 13.3. The van der Waals surface area contributed by atoms with E-state index in [1.165, 1.54) is 6.07 Å². The fourth-order valence-electron chi connectivity index (χ4n) is 1.63. The molecule has 1 heterocycles. The molecule has 0 aromatic heterocycles. The quantitative estimate of drug-likeness (QED) is 0.828. The van der Waals surface area contributed by atoms with Gasteiger partial charge in [-0.1, -0.05) is 18.2 Å². The summed E-state index contributed by atoms with van der Waals surface area (Å²) in [5.74, 6) is -2.12. The van der Waals surface area contributed by atoms with E-state index in [9.17, 15) is 22.8 Å². The van der Waals surface area contributed by atoms with E-state index in [0.717, 1.165) is 0 Å². The topological polar surface area (TPSA) is 55.4 Å². The molecule has 0 saturated carbocycles. The van der Waals surface area contributed by atoms with Crippen LogP contribution in [0.15, 0.2) is 24.3 Å². The maximum absolute atomic E-state index is 12.0. The van der Waals surface area contributed by atoms with Crippen LogP contribution in [0.3, 0.4) is 0 Å².